The third-order valence-corrected chi connectivity index (χ3v) is 5.97. The fourth-order valence-corrected chi connectivity index (χ4v) is 4.09. The molecule has 3 rings (SSSR count). The number of nitrogens with zero attached hydrogens (tertiary/aromatic N) is 1. The maximum atomic E-state index is 12.9. The molecule has 150 valence electrons. The summed E-state index contributed by atoms with van der Waals surface area (Å²) in [7, 11) is -2.42. The minimum absolute atomic E-state index is 0.0735. The molecule has 0 aliphatic heterocycles. The summed E-state index contributed by atoms with van der Waals surface area (Å²) in [5.41, 5.74) is 1.19. The number of non-ortho nitro benzene ring substituents is 1. The van der Waals surface area contributed by atoms with Crippen LogP contribution in [0.5, 0.6) is 5.75 Å². The van der Waals surface area contributed by atoms with Crippen molar-refractivity contribution in [3.05, 3.63) is 99.1 Å². The number of ether oxygens (including phenoxy) is 1. The molecule has 0 aliphatic rings. The molecule has 1 unspecified atom stereocenters. The van der Waals surface area contributed by atoms with Gasteiger partial charge in [0.05, 0.1) is 23.0 Å². The number of benzene rings is 3. The summed E-state index contributed by atoms with van der Waals surface area (Å²) in [6, 6.07) is 17.8. The van der Waals surface area contributed by atoms with Crippen LogP contribution in [0.1, 0.15) is 17.2 Å². The van der Waals surface area contributed by atoms with Gasteiger partial charge in [-0.05, 0) is 47.5 Å². The largest absolute Gasteiger partial charge is 0.497 e. The highest BCUT2D eigenvalue weighted by atomic mass is 35.5. The van der Waals surface area contributed by atoms with Gasteiger partial charge in [0, 0.05) is 17.2 Å². The minimum Gasteiger partial charge on any atom is -0.497 e. The molecule has 0 spiro atoms. The van der Waals surface area contributed by atoms with Crippen molar-refractivity contribution in [2.45, 2.75) is 10.9 Å². The Balaban J connectivity index is 1.98. The Morgan fingerprint density at radius 3 is 1.93 bits per heavy atom. The van der Waals surface area contributed by atoms with Crippen LogP contribution in [0, 0.1) is 10.1 Å². The first-order valence-corrected chi connectivity index (χ1v) is 10.3. The maximum absolute atomic E-state index is 12.9. The van der Waals surface area contributed by atoms with Gasteiger partial charge in [0.15, 0.2) is 0 Å². The van der Waals surface area contributed by atoms with Gasteiger partial charge >= 0.3 is 0 Å². The Kier molecular flexibility index (Phi) is 6.17. The SMILES string of the molecule is COc1ccc(C(NS(=O)(=O)c2ccc([N+](=O)[O-])cc2)c2ccc(Cl)cc2)cc1. The van der Waals surface area contributed by atoms with Gasteiger partial charge < -0.3 is 4.74 Å². The summed E-state index contributed by atoms with van der Waals surface area (Å²) >= 11 is 5.96. The summed E-state index contributed by atoms with van der Waals surface area (Å²) in [5, 5.41) is 11.3. The lowest BCUT2D eigenvalue weighted by Gasteiger charge is -2.20. The van der Waals surface area contributed by atoms with Crippen molar-refractivity contribution in [3.8, 4) is 5.75 Å². The first-order chi connectivity index (χ1) is 13.8. The molecule has 0 aromatic heterocycles. The monoisotopic (exact) mass is 432 g/mol. The molecule has 0 fully saturated rings. The van der Waals surface area contributed by atoms with E-state index in [9.17, 15) is 18.5 Å². The number of rotatable bonds is 7. The Labute approximate surface area is 173 Å². The molecule has 3 aromatic rings. The van der Waals surface area contributed by atoms with Crippen molar-refractivity contribution in [1.29, 1.82) is 0 Å². The van der Waals surface area contributed by atoms with Gasteiger partial charge in [-0.3, -0.25) is 10.1 Å². The van der Waals surface area contributed by atoms with Crippen molar-refractivity contribution in [1.82, 2.24) is 4.72 Å². The summed E-state index contributed by atoms with van der Waals surface area (Å²) in [4.78, 5) is 10.1. The Morgan fingerprint density at radius 1 is 0.931 bits per heavy atom. The lowest BCUT2D eigenvalue weighted by atomic mass is 10.00. The number of nitrogens with one attached hydrogen (secondary N) is 1. The summed E-state index contributed by atoms with van der Waals surface area (Å²) in [5.74, 6) is 0.641. The molecule has 0 saturated heterocycles. The average molecular weight is 433 g/mol. The highest BCUT2D eigenvalue weighted by Gasteiger charge is 2.23. The highest BCUT2D eigenvalue weighted by molar-refractivity contribution is 7.89. The van der Waals surface area contributed by atoms with E-state index in [1.807, 2.05) is 0 Å². The van der Waals surface area contributed by atoms with E-state index in [1.165, 1.54) is 12.1 Å². The summed E-state index contributed by atoms with van der Waals surface area (Å²) in [6.07, 6.45) is 0. The quantitative estimate of drug-likeness (QED) is 0.442. The lowest BCUT2D eigenvalue weighted by molar-refractivity contribution is -0.384. The zero-order chi connectivity index (χ0) is 21.0. The Hall–Kier alpha value is -2.94. The molecule has 0 bridgehead atoms. The normalized spacial score (nSPS) is 12.3. The number of hydrogen-bond donors (Lipinski definition) is 1. The molecule has 1 N–H and O–H groups in total. The number of halogens is 1. The van der Waals surface area contributed by atoms with E-state index in [1.54, 1.807) is 55.6 Å². The maximum Gasteiger partial charge on any atom is 0.269 e. The van der Waals surface area contributed by atoms with Crippen molar-refractivity contribution in [2.75, 3.05) is 7.11 Å². The van der Waals surface area contributed by atoms with Crippen LogP contribution in [0.2, 0.25) is 5.02 Å². The van der Waals surface area contributed by atoms with Crippen molar-refractivity contribution in [2.24, 2.45) is 0 Å². The molecule has 1 atom stereocenters. The van der Waals surface area contributed by atoms with Gasteiger partial charge in [-0.15, -0.1) is 0 Å². The van der Waals surface area contributed by atoms with Crippen LogP contribution in [0.4, 0.5) is 5.69 Å². The lowest BCUT2D eigenvalue weighted by Crippen LogP contribution is -2.29. The predicted octanol–water partition coefficient (Wildman–Crippen LogP) is 4.32. The molecule has 0 aliphatic carbocycles. The predicted molar refractivity (Wildman–Crippen MR) is 110 cm³/mol. The summed E-state index contributed by atoms with van der Waals surface area (Å²) in [6.45, 7) is 0. The van der Waals surface area contributed by atoms with Gasteiger partial charge in [-0.1, -0.05) is 35.9 Å². The highest BCUT2D eigenvalue weighted by Crippen LogP contribution is 2.28. The van der Waals surface area contributed by atoms with E-state index in [-0.39, 0.29) is 10.6 Å². The fraction of sp³-hybridized carbons (Fsp3) is 0.100. The van der Waals surface area contributed by atoms with Gasteiger partial charge in [0.2, 0.25) is 10.0 Å². The van der Waals surface area contributed by atoms with Gasteiger partial charge in [0.25, 0.3) is 5.69 Å². The fourth-order valence-electron chi connectivity index (χ4n) is 2.75. The first kappa shape index (κ1) is 20.8. The summed E-state index contributed by atoms with van der Waals surface area (Å²) < 4.78 is 33.7. The third-order valence-electron chi connectivity index (χ3n) is 4.28. The molecular formula is C20H17ClN2O5S. The smallest absolute Gasteiger partial charge is 0.269 e. The van der Waals surface area contributed by atoms with Gasteiger partial charge in [-0.2, -0.15) is 4.72 Å². The Bertz CT molecular complexity index is 1100. The zero-order valence-corrected chi connectivity index (χ0v) is 16.9. The van der Waals surface area contributed by atoms with Crippen LogP contribution in [-0.4, -0.2) is 20.5 Å². The number of nitro benzene ring substituents is 1. The molecule has 0 saturated carbocycles. The number of hydrogen-bond acceptors (Lipinski definition) is 5. The zero-order valence-electron chi connectivity index (χ0n) is 15.3. The molecule has 0 amide bonds. The minimum atomic E-state index is -3.96. The second kappa shape index (κ2) is 8.60. The van der Waals surface area contributed by atoms with E-state index < -0.39 is 21.0 Å². The molecule has 0 radical (unpaired) electrons. The standard InChI is InChI=1S/C20H17ClN2O5S/c1-28-18-10-4-15(5-11-18)20(14-2-6-16(21)7-3-14)22-29(26,27)19-12-8-17(9-13-19)23(24)25/h2-13,20,22H,1H3. The van der Waals surface area contributed by atoms with Crippen LogP contribution in [0.3, 0.4) is 0 Å². The van der Waals surface area contributed by atoms with E-state index in [0.29, 0.717) is 21.9 Å². The van der Waals surface area contributed by atoms with E-state index in [2.05, 4.69) is 4.72 Å². The van der Waals surface area contributed by atoms with Crippen LogP contribution >= 0.6 is 11.6 Å². The Morgan fingerprint density at radius 2 is 1.45 bits per heavy atom. The van der Waals surface area contributed by atoms with Gasteiger partial charge in [0.1, 0.15) is 5.75 Å². The molecule has 29 heavy (non-hydrogen) atoms. The van der Waals surface area contributed by atoms with E-state index in [4.69, 9.17) is 16.3 Å². The number of nitro groups is 1. The molecular weight excluding hydrogens is 416 g/mol. The molecule has 3 aromatic carbocycles. The van der Waals surface area contributed by atoms with Crippen LogP contribution in [-0.2, 0) is 10.0 Å². The van der Waals surface area contributed by atoms with Crippen LogP contribution < -0.4 is 9.46 Å². The second-order valence-electron chi connectivity index (χ2n) is 6.13. The number of sulfonamides is 1. The molecule has 7 nitrogen and oxygen atoms in total. The van der Waals surface area contributed by atoms with Crippen molar-refractivity contribution >= 4 is 27.3 Å². The van der Waals surface area contributed by atoms with E-state index >= 15 is 0 Å². The van der Waals surface area contributed by atoms with Crippen LogP contribution in [0.15, 0.2) is 77.7 Å². The third kappa shape index (κ3) is 4.92. The second-order valence-corrected chi connectivity index (χ2v) is 8.28. The first-order valence-electron chi connectivity index (χ1n) is 8.46. The van der Waals surface area contributed by atoms with Crippen LogP contribution in [0.25, 0.3) is 0 Å². The molecule has 0 heterocycles. The van der Waals surface area contributed by atoms with Crippen molar-refractivity contribution < 1.29 is 18.1 Å². The van der Waals surface area contributed by atoms with Crippen molar-refractivity contribution in [3.63, 3.8) is 0 Å². The molecule has 9 heteroatoms. The average Bonchev–Trinajstić information content (AvgIpc) is 2.73. The van der Waals surface area contributed by atoms with Gasteiger partial charge in [-0.25, -0.2) is 8.42 Å². The topological polar surface area (TPSA) is 98.5 Å². The van der Waals surface area contributed by atoms with E-state index in [0.717, 1.165) is 12.1 Å². The number of methoxy groups -OCH3 is 1.